The van der Waals surface area contributed by atoms with Crippen molar-refractivity contribution in [2.24, 2.45) is 5.92 Å². The second kappa shape index (κ2) is 5.14. The first-order valence-corrected chi connectivity index (χ1v) is 7.87. The lowest BCUT2D eigenvalue weighted by Crippen LogP contribution is -2.37. The molecule has 0 amide bonds. The largest absolute Gasteiger partial charge is 0.519 e. The Morgan fingerprint density at radius 3 is 2.29 bits per heavy atom. The molecule has 4 nitrogen and oxygen atoms in total. The van der Waals surface area contributed by atoms with Gasteiger partial charge in [0.1, 0.15) is 5.92 Å². The zero-order chi connectivity index (χ0) is 11.4. The molecule has 0 aromatic carbocycles. The molecule has 14 heavy (non-hydrogen) atoms. The summed E-state index contributed by atoms with van der Waals surface area (Å²) in [4.78, 5) is 21.8. The highest BCUT2D eigenvalue weighted by Crippen LogP contribution is 2.15. The van der Waals surface area contributed by atoms with Crippen LogP contribution in [0.3, 0.4) is 0 Å². The van der Waals surface area contributed by atoms with Crippen molar-refractivity contribution in [3.63, 3.8) is 0 Å². The maximum Gasteiger partial charge on any atom is 0.317 e. The smallest absolute Gasteiger partial charge is 0.317 e. The van der Waals surface area contributed by atoms with Crippen molar-refractivity contribution in [3.05, 3.63) is 0 Å². The topological polar surface area (TPSA) is 63.6 Å². The number of carbonyl (C=O) groups excluding carboxylic acids is 1. The fourth-order valence-corrected chi connectivity index (χ4v) is 3.14. The molecule has 0 fully saturated rings. The number of hydrogen-bond donors (Lipinski definition) is 1. The van der Waals surface area contributed by atoms with E-state index in [1.807, 2.05) is 20.0 Å². The predicted octanol–water partition coefficient (Wildman–Crippen LogP) is 1.87. The summed E-state index contributed by atoms with van der Waals surface area (Å²) in [5.41, 5.74) is 0. The van der Waals surface area contributed by atoms with Crippen LogP contribution in [-0.4, -0.2) is 25.4 Å². The summed E-state index contributed by atoms with van der Waals surface area (Å²) in [6.07, 6.45) is 0.952. The van der Waals surface area contributed by atoms with E-state index in [4.69, 9.17) is 9.53 Å². The quantitative estimate of drug-likeness (QED) is 0.565. The summed E-state index contributed by atoms with van der Waals surface area (Å²) >= 11 is 0. The van der Waals surface area contributed by atoms with Gasteiger partial charge in [-0.2, -0.15) is 0 Å². The van der Waals surface area contributed by atoms with Gasteiger partial charge in [0.15, 0.2) is 0 Å². The highest BCUT2D eigenvalue weighted by atomic mass is 28.4. The summed E-state index contributed by atoms with van der Waals surface area (Å²) in [6, 6.07) is 0.866. The number of aliphatic carboxylic acids is 1. The number of carbonyl (C=O) groups is 2. The Kier molecular flexibility index (Phi) is 4.83. The van der Waals surface area contributed by atoms with Gasteiger partial charge < -0.3 is 9.53 Å². The SMILES string of the molecule is CCC[Si](C)(C)OC(=O)C(C)C(=O)O. The van der Waals surface area contributed by atoms with E-state index in [1.54, 1.807) is 0 Å². The second-order valence-electron chi connectivity index (χ2n) is 3.99. The van der Waals surface area contributed by atoms with Crippen LogP contribution < -0.4 is 0 Å². The van der Waals surface area contributed by atoms with E-state index < -0.39 is 26.2 Å². The molecular formula is C9H18O4Si. The zero-order valence-corrected chi connectivity index (χ0v) is 10.2. The molecule has 0 saturated heterocycles. The zero-order valence-electron chi connectivity index (χ0n) is 9.16. The van der Waals surface area contributed by atoms with Crippen molar-refractivity contribution in [2.75, 3.05) is 0 Å². The molecule has 0 bridgehead atoms. The first-order chi connectivity index (χ1) is 6.30. The van der Waals surface area contributed by atoms with E-state index in [2.05, 4.69) is 0 Å². The van der Waals surface area contributed by atoms with Crippen molar-refractivity contribution in [2.45, 2.75) is 39.4 Å². The minimum Gasteiger partial charge on any atom is -0.519 e. The van der Waals surface area contributed by atoms with Gasteiger partial charge in [0.2, 0.25) is 8.32 Å². The van der Waals surface area contributed by atoms with Crippen LogP contribution in [0.15, 0.2) is 0 Å². The average Bonchev–Trinajstić information content (AvgIpc) is 2.01. The maximum absolute atomic E-state index is 11.3. The van der Waals surface area contributed by atoms with Crippen LogP contribution in [0, 0.1) is 5.92 Å². The van der Waals surface area contributed by atoms with Gasteiger partial charge in [0, 0.05) is 0 Å². The standard InChI is InChI=1S/C9H18O4Si/c1-5-6-14(3,4)13-9(12)7(2)8(10)11/h7H,5-6H2,1-4H3,(H,10,11). The van der Waals surface area contributed by atoms with Crippen molar-refractivity contribution >= 4 is 20.3 Å². The molecule has 1 atom stereocenters. The fraction of sp³-hybridized carbons (Fsp3) is 0.778. The predicted molar refractivity (Wildman–Crippen MR) is 55.5 cm³/mol. The molecule has 0 aliphatic carbocycles. The Hall–Kier alpha value is -0.843. The minimum atomic E-state index is -1.99. The Morgan fingerprint density at radius 2 is 1.93 bits per heavy atom. The molecule has 0 radical (unpaired) electrons. The first kappa shape index (κ1) is 13.2. The van der Waals surface area contributed by atoms with E-state index in [9.17, 15) is 9.59 Å². The van der Waals surface area contributed by atoms with Crippen LogP contribution in [0.1, 0.15) is 20.3 Å². The van der Waals surface area contributed by atoms with Crippen molar-refractivity contribution in [1.82, 2.24) is 0 Å². The third-order valence-electron chi connectivity index (χ3n) is 1.95. The summed E-state index contributed by atoms with van der Waals surface area (Å²) < 4.78 is 5.22. The summed E-state index contributed by atoms with van der Waals surface area (Å²) in [5, 5.41) is 8.59. The van der Waals surface area contributed by atoms with Gasteiger partial charge >= 0.3 is 11.9 Å². The Balaban J connectivity index is 4.24. The number of carboxylic acid groups (broad SMARTS) is 1. The lowest BCUT2D eigenvalue weighted by molar-refractivity contribution is -0.152. The molecule has 0 heterocycles. The number of hydrogen-bond acceptors (Lipinski definition) is 3. The molecule has 0 saturated carbocycles. The van der Waals surface area contributed by atoms with E-state index in [0.29, 0.717) is 0 Å². The van der Waals surface area contributed by atoms with Gasteiger partial charge in [-0.3, -0.25) is 9.59 Å². The lowest BCUT2D eigenvalue weighted by atomic mass is 10.2. The van der Waals surface area contributed by atoms with Gasteiger partial charge in [-0.25, -0.2) is 0 Å². The Labute approximate surface area is 85.4 Å². The summed E-state index contributed by atoms with van der Waals surface area (Å²) in [7, 11) is -1.99. The van der Waals surface area contributed by atoms with Gasteiger partial charge in [0.05, 0.1) is 0 Å². The van der Waals surface area contributed by atoms with Crippen LogP contribution in [0.25, 0.3) is 0 Å². The van der Waals surface area contributed by atoms with E-state index in [-0.39, 0.29) is 0 Å². The van der Waals surface area contributed by atoms with Crippen LogP contribution in [0.4, 0.5) is 0 Å². The van der Waals surface area contributed by atoms with Crippen LogP contribution in [0.5, 0.6) is 0 Å². The van der Waals surface area contributed by atoms with Gasteiger partial charge in [-0.1, -0.05) is 13.3 Å². The molecule has 1 N–H and O–H groups in total. The number of carboxylic acids is 1. The molecule has 0 aromatic heterocycles. The number of rotatable bonds is 5. The minimum absolute atomic E-state index is 0.609. The van der Waals surface area contributed by atoms with Crippen LogP contribution in [0.2, 0.25) is 19.1 Å². The molecule has 5 heteroatoms. The van der Waals surface area contributed by atoms with E-state index in [1.165, 1.54) is 6.92 Å². The Morgan fingerprint density at radius 1 is 1.43 bits per heavy atom. The highest BCUT2D eigenvalue weighted by Gasteiger charge is 2.30. The van der Waals surface area contributed by atoms with Crippen LogP contribution in [-0.2, 0) is 14.0 Å². The highest BCUT2D eigenvalue weighted by molar-refractivity contribution is 6.72. The van der Waals surface area contributed by atoms with Crippen molar-refractivity contribution in [3.8, 4) is 0 Å². The second-order valence-corrected chi connectivity index (χ2v) is 8.21. The molecule has 0 spiro atoms. The average molecular weight is 218 g/mol. The van der Waals surface area contributed by atoms with E-state index in [0.717, 1.165) is 12.5 Å². The maximum atomic E-state index is 11.3. The first-order valence-electron chi connectivity index (χ1n) is 4.76. The Bertz CT molecular complexity index is 225. The van der Waals surface area contributed by atoms with Gasteiger partial charge in [0.25, 0.3) is 0 Å². The fourth-order valence-electron chi connectivity index (χ4n) is 1.11. The molecule has 0 rings (SSSR count). The lowest BCUT2D eigenvalue weighted by Gasteiger charge is -2.23. The molecular weight excluding hydrogens is 200 g/mol. The van der Waals surface area contributed by atoms with Gasteiger partial charge in [-0.05, 0) is 26.1 Å². The van der Waals surface area contributed by atoms with Crippen molar-refractivity contribution in [1.29, 1.82) is 0 Å². The van der Waals surface area contributed by atoms with E-state index >= 15 is 0 Å². The summed E-state index contributed by atoms with van der Waals surface area (Å²) in [5.74, 6) is -2.79. The van der Waals surface area contributed by atoms with Crippen LogP contribution >= 0.6 is 0 Å². The molecule has 0 aliphatic heterocycles. The monoisotopic (exact) mass is 218 g/mol. The molecule has 0 aliphatic rings. The normalized spacial score (nSPS) is 13.4. The summed E-state index contributed by atoms with van der Waals surface area (Å²) in [6.45, 7) is 7.20. The van der Waals surface area contributed by atoms with Gasteiger partial charge in [-0.15, -0.1) is 0 Å². The molecule has 82 valence electrons. The third kappa shape index (κ3) is 4.41. The third-order valence-corrected chi connectivity index (χ3v) is 4.41. The molecule has 0 aromatic rings. The van der Waals surface area contributed by atoms with Crippen molar-refractivity contribution < 1.29 is 19.1 Å². The molecule has 1 unspecified atom stereocenters.